The predicted octanol–water partition coefficient (Wildman–Crippen LogP) is 2.93. The number of nitrogens with zero attached hydrogens (tertiary/aromatic N) is 4. The zero-order valence-electron chi connectivity index (χ0n) is 10.5. The van der Waals surface area contributed by atoms with Gasteiger partial charge in [0.2, 0.25) is 5.16 Å². The fraction of sp³-hybridized carbons (Fsp3) is 0.250. The molecule has 1 aromatic heterocycles. The first kappa shape index (κ1) is 12.5. The van der Waals surface area contributed by atoms with Crippen molar-refractivity contribution in [3.05, 3.63) is 34.6 Å². The van der Waals surface area contributed by atoms with Crippen LogP contribution in [0.1, 0.15) is 11.4 Å². The average Bonchev–Trinajstić information content (AvgIpc) is 2.77. The molecule has 1 N–H and O–H groups in total. The lowest BCUT2D eigenvalue weighted by Gasteiger charge is -2.18. The van der Waals surface area contributed by atoms with E-state index in [9.17, 15) is 0 Å². The van der Waals surface area contributed by atoms with E-state index >= 15 is 0 Å². The van der Waals surface area contributed by atoms with E-state index in [1.807, 2.05) is 36.7 Å². The molecule has 0 unspecified atom stereocenters. The van der Waals surface area contributed by atoms with Crippen molar-refractivity contribution in [3.63, 3.8) is 0 Å². The van der Waals surface area contributed by atoms with Gasteiger partial charge in [-0.3, -0.25) is 5.43 Å². The number of hydrogen-bond acceptors (Lipinski definition) is 4. The number of thioether (sulfide) groups is 1. The Morgan fingerprint density at radius 1 is 1.37 bits per heavy atom. The third kappa shape index (κ3) is 2.33. The Morgan fingerprint density at radius 3 is 3.05 bits per heavy atom. The van der Waals surface area contributed by atoms with Crippen LogP contribution in [0.3, 0.4) is 0 Å². The quantitative estimate of drug-likeness (QED) is 0.878. The highest BCUT2D eigenvalue weighted by Crippen LogP contribution is 2.29. The zero-order valence-corrected chi connectivity index (χ0v) is 12.1. The maximum atomic E-state index is 6.25. The fourth-order valence-electron chi connectivity index (χ4n) is 1.78. The summed E-state index contributed by atoms with van der Waals surface area (Å²) >= 11 is 7.85. The summed E-state index contributed by atoms with van der Waals surface area (Å²) < 4.78 is 1.83. The van der Waals surface area contributed by atoms with E-state index in [2.05, 4.69) is 20.6 Å². The summed E-state index contributed by atoms with van der Waals surface area (Å²) in [5.41, 5.74) is 5.00. The van der Waals surface area contributed by atoms with Gasteiger partial charge >= 0.3 is 0 Å². The van der Waals surface area contributed by atoms with Gasteiger partial charge in [-0.05, 0) is 25.5 Å². The van der Waals surface area contributed by atoms with Gasteiger partial charge in [0.1, 0.15) is 11.7 Å². The second-order valence-corrected chi connectivity index (χ2v) is 5.55. The van der Waals surface area contributed by atoms with Crippen molar-refractivity contribution in [2.45, 2.75) is 19.0 Å². The topological polar surface area (TPSA) is 55.1 Å². The van der Waals surface area contributed by atoms with E-state index in [0.717, 1.165) is 33.8 Å². The number of benzene rings is 1. The van der Waals surface area contributed by atoms with Gasteiger partial charge in [-0.25, -0.2) is 9.67 Å². The SMILES string of the molecule is Cc1cccc(N=C2CSc3nnc(C)n3N2)c1Cl. The van der Waals surface area contributed by atoms with Crippen LogP contribution >= 0.6 is 23.4 Å². The Morgan fingerprint density at radius 2 is 2.21 bits per heavy atom. The standard InChI is InChI=1S/C12H12ClN5S/c1-7-4-3-5-9(11(7)13)14-10-6-19-12-16-15-8(2)18(12)17-10/h3-5H,6H2,1-2H3,(H,14,17). The highest BCUT2D eigenvalue weighted by molar-refractivity contribution is 7.99. The lowest BCUT2D eigenvalue weighted by Crippen LogP contribution is -2.30. The number of aromatic nitrogens is 3. The van der Waals surface area contributed by atoms with Gasteiger partial charge in [-0.15, -0.1) is 10.2 Å². The van der Waals surface area contributed by atoms with Crippen LogP contribution < -0.4 is 5.43 Å². The molecular weight excluding hydrogens is 282 g/mol. The molecule has 0 atom stereocenters. The Labute approximate surface area is 120 Å². The van der Waals surface area contributed by atoms with Crippen molar-refractivity contribution in [1.29, 1.82) is 0 Å². The van der Waals surface area contributed by atoms with Crippen molar-refractivity contribution in [3.8, 4) is 0 Å². The van der Waals surface area contributed by atoms with Gasteiger partial charge in [0.25, 0.3) is 0 Å². The molecule has 1 aromatic carbocycles. The molecule has 0 saturated heterocycles. The maximum Gasteiger partial charge on any atom is 0.210 e. The monoisotopic (exact) mass is 293 g/mol. The summed E-state index contributed by atoms with van der Waals surface area (Å²) in [6.07, 6.45) is 0. The van der Waals surface area contributed by atoms with Crippen LogP contribution in [-0.2, 0) is 0 Å². The molecule has 0 spiro atoms. The van der Waals surface area contributed by atoms with E-state index in [-0.39, 0.29) is 0 Å². The van der Waals surface area contributed by atoms with Crippen LogP contribution in [0, 0.1) is 13.8 Å². The van der Waals surface area contributed by atoms with E-state index in [0.29, 0.717) is 5.02 Å². The van der Waals surface area contributed by atoms with Crippen LogP contribution in [0.4, 0.5) is 5.69 Å². The first-order valence-corrected chi connectivity index (χ1v) is 7.16. The first-order valence-electron chi connectivity index (χ1n) is 5.79. The van der Waals surface area contributed by atoms with Crippen LogP contribution in [0.2, 0.25) is 5.02 Å². The number of aryl methyl sites for hydroxylation is 2. The molecule has 0 amide bonds. The second kappa shape index (κ2) is 4.86. The largest absolute Gasteiger partial charge is 0.277 e. The number of fused-ring (bicyclic) bond motifs is 1. The Kier molecular flexibility index (Phi) is 3.20. The maximum absolute atomic E-state index is 6.25. The van der Waals surface area contributed by atoms with Crippen molar-refractivity contribution >= 4 is 34.9 Å². The van der Waals surface area contributed by atoms with Crippen LogP contribution in [0.25, 0.3) is 0 Å². The van der Waals surface area contributed by atoms with E-state index < -0.39 is 0 Å². The molecule has 98 valence electrons. The molecule has 7 heteroatoms. The molecule has 1 aliphatic heterocycles. The fourth-order valence-corrected chi connectivity index (χ4v) is 2.75. The van der Waals surface area contributed by atoms with E-state index in [1.54, 1.807) is 11.8 Å². The predicted molar refractivity (Wildman–Crippen MR) is 78.1 cm³/mol. The third-order valence-corrected chi connectivity index (χ3v) is 4.23. The molecule has 1 aliphatic rings. The molecule has 5 nitrogen and oxygen atoms in total. The number of aliphatic imine (C=N–C) groups is 1. The van der Waals surface area contributed by atoms with Crippen molar-refractivity contribution < 1.29 is 0 Å². The van der Waals surface area contributed by atoms with Crippen LogP contribution in [-0.4, -0.2) is 26.5 Å². The Bertz CT molecular complexity index is 664. The summed E-state index contributed by atoms with van der Waals surface area (Å²) in [5, 5.41) is 9.62. The highest BCUT2D eigenvalue weighted by atomic mass is 35.5. The lowest BCUT2D eigenvalue weighted by molar-refractivity contribution is 0.801. The normalized spacial score (nSPS) is 16.3. The summed E-state index contributed by atoms with van der Waals surface area (Å²) in [7, 11) is 0. The van der Waals surface area contributed by atoms with Gasteiger partial charge in [0.15, 0.2) is 0 Å². The van der Waals surface area contributed by atoms with Gasteiger partial charge in [-0.2, -0.15) is 0 Å². The van der Waals surface area contributed by atoms with Crippen LogP contribution in [0.15, 0.2) is 28.3 Å². The molecule has 0 aliphatic carbocycles. The lowest BCUT2D eigenvalue weighted by atomic mass is 10.2. The molecule has 2 heterocycles. The second-order valence-electron chi connectivity index (χ2n) is 4.23. The molecule has 0 bridgehead atoms. The number of hydrogen-bond donors (Lipinski definition) is 1. The number of nitrogens with one attached hydrogen (secondary N) is 1. The van der Waals surface area contributed by atoms with Gasteiger partial charge in [-0.1, -0.05) is 35.5 Å². The summed E-state index contributed by atoms with van der Waals surface area (Å²) in [4.78, 5) is 4.57. The molecule has 0 saturated carbocycles. The highest BCUT2D eigenvalue weighted by Gasteiger charge is 2.18. The van der Waals surface area contributed by atoms with Gasteiger partial charge in [0.05, 0.1) is 16.5 Å². The minimum absolute atomic E-state index is 0.688. The molecular formula is C12H12ClN5S. The van der Waals surface area contributed by atoms with Gasteiger partial charge < -0.3 is 0 Å². The minimum Gasteiger partial charge on any atom is -0.277 e. The first-order chi connectivity index (χ1) is 9.15. The molecule has 3 rings (SSSR count). The van der Waals surface area contributed by atoms with Crippen molar-refractivity contribution in [2.24, 2.45) is 4.99 Å². The smallest absolute Gasteiger partial charge is 0.210 e. The minimum atomic E-state index is 0.688. The average molecular weight is 294 g/mol. The summed E-state index contributed by atoms with van der Waals surface area (Å²) in [6.45, 7) is 3.86. The van der Waals surface area contributed by atoms with Gasteiger partial charge in [0, 0.05) is 0 Å². The number of rotatable bonds is 1. The van der Waals surface area contributed by atoms with E-state index in [4.69, 9.17) is 11.6 Å². The molecule has 19 heavy (non-hydrogen) atoms. The molecule has 2 aromatic rings. The zero-order chi connectivity index (χ0) is 13.4. The van der Waals surface area contributed by atoms with Crippen molar-refractivity contribution in [1.82, 2.24) is 14.9 Å². The Hall–Kier alpha value is -1.53. The van der Waals surface area contributed by atoms with Crippen molar-refractivity contribution in [2.75, 3.05) is 11.2 Å². The summed E-state index contributed by atoms with van der Waals surface area (Å²) in [6, 6.07) is 5.83. The third-order valence-electron chi connectivity index (χ3n) is 2.80. The van der Waals surface area contributed by atoms with Crippen LogP contribution in [0.5, 0.6) is 0 Å². The number of halogens is 1. The van der Waals surface area contributed by atoms with E-state index in [1.165, 1.54) is 0 Å². The number of amidine groups is 1. The molecule has 0 fully saturated rings. The summed E-state index contributed by atoms with van der Waals surface area (Å²) in [5.74, 6) is 2.38. The molecule has 0 radical (unpaired) electrons. The Balaban J connectivity index is 1.94.